The lowest BCUT2D eigenvalue weighted by atomic mass is 10.0. The quantitative estimate of drug-likeness (QED) is 0.767. The Morgan fingerprint density at radius 2 is 1.67 bits per heavy atom. The van der Waals surface area contributed by atoms with Crippen LogP contribution in [0.4, 0.5) is 11.4 Å². The Labute approximate surface area is 160 Å². The number of anilines is 2. The number of ether oxygens (including phenoxy) is 1. The van der Waals surface area contributed by atoms with E-state index in [1.807, 2.05) is 16.9 Å². The van der Waals surface area contributed by atoms with Gasteiger partial charge in [0.05, 0.1) is 18.9 Å². The first-order valence-corrected chi connectivity index (χ1v) is 10.6. The van der Waals surface area contributed by atoms with Crippen molar-refractivity contribution in [2.45, 2.75) is 0 Å². The van der Waals surface area contributed by atoms with Crippen LogP contribution in [0.15, 0.2) is 42.5 Å². The number of rotatable bonds is 3. The average Bonchev–Trinajstić information content (AvgIpc) is 2.94. The zero-order valence-corrected chi connectivity index (χ0v) is 16.6. The van der Waals surface area contributed by atoms with Crippen molar-refractivity contribution in [1.82, 2.24) is 4.72 Å². The van der Waals surface area contributed by atoms with E-state index in [9.17, 15) is 13.2 Å². The van der Waals surface area contributed by atoms with Crippen LogP contribution in [-0.4, -0.2) is 47.2 Å². The highest BCUT2D eigenvalue weighted by Crippen LogP contribution is 2.27. The Morgan fingerprint density at radius 1 is 1.00 bits per heavy atom. The summed E-state index contributed by atoms with van der Waals surface area (Å²) in [4.78, 5) is 13.7. The Morgan fingerprint density at radius 3 is 2.26 bits per heavy atom. The van der Waals surface area contributed by atoms with Gasteiger partial charge >= 0.3 is 10.2 Å². The molecule has 4 rings (SSSR count). The number of carbonyl (C=O) groups is 1. The van der Waals surface area contributed by atoms with Crippen LogP contribution < -0.4 is 19.2 Å². The lowest BCUT2D eigenvalue weighted by Gasteiger charge is -2.29. The minimum Gasteiger partial charge on any atom is -0.378 e. The molecule has 1 N–H and O–H groups in total. The van der Waals surface area contributed by atoms with Crippen molar-refractivity contribution in [3.05, 3.63) is 42.5 Å². The predicted octanol–water partition coefficient (Wildman–Crippen LogP) is 0.872. The first kappa shape index (κ1) is 18.2. The summed E-state index contributed by atoms with van der Waals surface area (Å²) in [5.74, 6) is -0.526. The largest absolute Gasteiger partial charge is 0.378 e. The molecule has 142 valence electrons. The van der Waals surface area contributed by atoms with Crippen LogP contribution in [0.5, 0.6) is 0 Å². The predicted molar refractivity (Wildman–Crippen MR) is 109 cm³/mol. The van der Waals surface area contributed by atoms with Gasteiger partial charge in [-0.2, -0.15) is 8.42 Å². The molecule has 1 atom stereocenters. The molecule has 0 aliphatic carbocycles. The number of amides is 1. The van der Waals surface area contributed by atoms with Gasteiger partial charge in [-0.3, -0.25) is 4.79 Å². The van der Waals surface area contributed by atoms with Gasteiger partial charge in [0, 0.05) is 18.8 Å². The van der Waals surface area contributed by atoms with E-state index in [0.29, 0.717) is 11.0 Å². The highest BCUT2D eigenvalue weighted by atomic mass is 32.2. The van der Waals surface area contributed by atoms with E-state index in [4.69, 9.17) is 4.74 Å². The molecule has 2 aliphatic heterocycles. The van der Waals surface area contributed by atoms with Crippen LogP contribution in [0.25, 0.3) is 11.1 Å². The molecular weight excluding hydrogens is 385 g/mol. The fourth-order valence-corrected chi connectivity index (χ4v) is 5.01. The van der Waals surface area contributed by atoms with Gasteiger partial charge in [-0.1, -0.05) is 18.2 Å². The van der Waals surface area contributed by atoms with Gasteiger partial charge in [0.15, 0.2) is 0 Å². The number of morpholine rings is 1. The van der Waals surface area contributed by atoms with E-state index in [2.05, 4.69) is 38.4 Å². The standard InChI is InChI=1S/C18H20N3O4PS/c22-18-12-21(27(23,24)19-18)16-6-3-14(11-17(16)26)13-1-4-15(5-2-13)20-7-9-25-10-8-20/h1-6,11H,7-10,12,26H2,(H,19,22). The summed E-state index contributed by atoms with van der Waals surface area (Å²) >= 11 is 0. The molecule has 9 heteroatoms. The lowest BCUT2D eigenvalue weighted by molar-refractivity contribution is -0.117. The number of hydrogen-bond donors (Lipinski definition) is 1. The molecular formula is C18H20N3O4PS. The van der Waals surface area contributed by atoms with E-state index >= 15 is 0 Å². The first-order chi connectivity index (χ1) is 12.9. The molecule has 27 heavy (non-hydrogen) atoms. The second-order valence-electron chi connectivity index (χ2n) is 6.46. The molecule has 2 aromatic carbocycles. The smallest absolute Gasteiger partial charge is 0.326 e. The number of hydrogen-bond acceptors (Lipinski definition) is 5. The molecule has 2 heterocycles. The van der Waals surface area contributed by atoms with E-state index in [1.165, 1.54) is 0 Å². The van der Waals surface area contributed by atoms with Gasteiger partial charge < -0.3 is 9.64 Å². The van der Waals surface area contributed by atoms with Crippen LogP contribution in [0.2, 0.25) is 0 Å². The summed E-state index contributed by atoms with van der Waals surface area (Å²) in [5, 5.41) is 0.713. The molecule has 1 unspecified atom stereocenters. The molecule has 2 saturated heterocycles. The van der Waals surface area contributed by atoms with E-state index < -0.39 is 16.1 Å². The third-order valence-electron chi connectivity index (χ3n) is 4.69. The van der Waals surface area contributed by atoms with Gasteiger partial charge in [0.25, 0.3) is 5.91 Å². The van der Waals surface area contributed by atoms with Crippen molar-refractivity contribution in [3.8, 4) is 11.1 Å². The maximum Gasteiger partial charge on any atom is 0.326 e. The number of nitrogens with zero attached hydrogens (tertiary/aromatic N) is 2. The molecule has 0 bridgehead atoms. The Hall–Kier alpha value is -2.15. The first-order valence-electron chi connectivity index (χ1n) is 8.60. The van der Waals surface area contributed by atoms with Crippen LogP contribution in [0, 0.1) is 0 Å². The highest BCUT2D eigenvalue weighted by Gasteiger charge is 2.34. The van der Waals surface area contributed by atoms with Crippen LogP contribution in [-0.2, 0) is 19.7 Å². The summed E-state index contributed by atoms with van der Waals surface area (Å²) in [7, 11) is -1.25. The molecule has 2 aliphatic rings. The van der Waals surface area contributed by atoms with Crippen LogP contribution >= 0.6 is 9.24 Å². The number of benzene rings is 2. The normalized spacial score (nSPS) is 19.2. The van der Waals surface area contributed by atoms with E-state index in [1.54, 1.807) is 6.07 Å². The summed E-state index contributed by atoms with van der Waals surface area (Å²) in [6, 6.07) is 13.8. The number of nitrogens with one attached hydrogen (secondary N) is 1. The summed E-state index contributed by atoms with van der Waals surface area (Å²) in [6.07, 6.45) is 0. The van der Waals surface area contributed by atoms with Gasteiger partial charge in [0.1, 0.15) is 6.54 Å². The van der Waals surface area contributed by atoms with Crippen LogP contribution in [0.3, 0.4) is 0 Å². The maximum absolute atomic E-state index is 12.0. The van der Waals surface area contributed by atoms with Crippen molar-refractivity contribution in [2.24, 2.45) is 0 Å². The van der Waals surface area contributed by atoms with Crippen molar-refractivity contribution in [1.29, 1.82) is 0 Å². The second kappa shape index (κ2) is 7.11. The Bertz CT molecular complexity index is 973. The lowest BCUT2D eigenvalue weighted by Crippen LogP contribution is -2.36. The molecule has 7 nitrogen and oxygen atoms in total. The minimum atomic E-state index is -3.80. The Balaban J connectivity index is 1.58. The highest BCUT2D eigenvalue weighted by molar-refractivity contribution is 7.92. The third kappa shape index (κ3) is 3.65. The SMILES string of the molecule is O=C1CN(c2ccc(-c3ccc(N4CCOCC4)cc3)cc2P)S(=O)(=O)N1. The van der Waals surface area contributed by atoms with Gasteiger partial charge in [-0.05, 0) is 40.7 Å². The summed E-state index contributed by atoms with van der Waals surface area (Å²) in [6.45, 7) is 3.08. The van der Waals surface area contributed by atoms with Crippen molar-refractivity contribution in [3.63, 3.8) is 0 Å². The van der Waals surface area contributed by atoms with E-state index in [0.717, 1.165) is 47.4 Å². The molecule has 0 saturated carbocycles. The fourth-order valence-electron chi connectivity index (χ4n) is 3.31. The van der Waals surface area contributed by atoms with Gasteiger partial charge in [0.2, 0.25) is 0 Å². The van der Waals surface area contributed by atoms with Crippen LogP contribution in [0.1, 0.15) is 0 Å². The maximum atomic E-state index is 12.0. The minimum absolute atomic E-state index is 0.197. The van der Waals surface area contributed by atoms with Gasteiger partial charge in [-0.25, -0.2) is 9.03 Å². The molecule has 0 radical (unpaired) electrons. The van der Waals surface area contributed by atoms with Gasteiger partial charge in [-0.15, -0.1) is 9.24 Å². The fraction of sp³-hybridized carbons (Fsp3) is 0.278. The Kier molecular flexibility index (Phi) is 4.80. The molecule has 0 aromatic heterocycles. The second-order valence-corrected chi connectivity index (χ2v) is 8.67. The molecule has 1 amide bonds. The molecule has 2 aromatic rings. The monoisotopic (exact) mass is 405 g/mol. The zero-order chi connectivity index (χ0) is 19.0. The van der Waals surface area contributed by atoms with Crippen molar-refractivity contribution in [2.75, 3.05) is 42.1 Å². The van der Waals surface area contributed by atoms with E-state index in [-0.39, 0.29) is 6.54 Å². The topological polar surface area (TPSA) is 79.0 Å². The average molecular weight is 405 g/mol. The van der Waals surface area contributed by atoms with Crippen molar-refractivity contribution >= 4 is 42.0 Å². The number of carbonyl (C=O) groups excluding carboxylic acids is 1. The third-order valence-corrected chi connectivity index (χ3v) is 6.55. The summed E-state index contributed by atoms with van der Waals surface area (Å²) < 4.78 is 32.5. The zero-order valence-electron chi connectivity index (χ0n) is 14.6. The summed E-state index contributed by atoms with van der Waals surface area (Å²) in [5.41, 5.74) is 3.67. The molecule has 2 fully saturated rings. The molecule has 0 spiro atoms. The van der Waals surface area contributed by atoms with Crippen molar-refractivity contribution < 1.29 is 17.9 Å².